The molecule has 0 bridgehead atoms. The highest BCUT2D eigenvalue weighted by atomic mass is 79.9. The average Bonchev–Trinajstić information content (AvgIpc) is 2.05. The summed E-state index contributed by atoms with van der Waals surface area (Å²) in [7, 11) is 0. The van der Waals surface area contributed by atoms with Crippen molar-refractivity contribution in [1.82, 2.24) is 4.98 Å². The number of nitrogens with one attached hydrogen (secondary N) is 1. The van der Waals surface area contributed by atoms with E-state index in [2.05, 4.69) is 20.9 Å². The van der Waals surface area contributed by atoms with Crippen molar-refractivity contribution < 1.29 is 23.1 Å². The van der Waals surface area contributed by atoms with Gasteiger partial charge in [-0.15, -0.1) is 0 Å². The highest BCUT2D eigenvalue weighted by molar-refractivity contribution is 9.10. The Hall–Kier alpha value is -1.31. The Morgan fingerprint density at radius 1 is 1.53 bits per heavy atom. The molecule has 0 unspecified atom stereocenters. The van der Waals surface area contributed by atoms with Gasteiger partial charge in [-0.2, -0.15) is 13.2 Å². The quantitative estimate of drug-likeness (QED) is 0.852. The number of amides is 1. The lowest BCUT2D eigenvalue weighted by atomic mass is 10.2. The first-order valence-corrected chi connectivity index (χ1v) is 4.31. The van der Waals surface area contributed by atoms with Crippen LogP contribution in [0.4, 0.5) is 23.8 Å². The first-order valence-electron chi connectivity index (χ1n) is 3.51. The molecular weight excluding hydrogens is 281 g/mol. The summed E-state index contributed by atoms with van der Waals surface area (Å²) >= 11 is 2.80. The molecule has 82 valence electrons. The number of halogens is 4. The Kier molecular flexibility index (Phi) is 3.18. The van der Waals surface area contributed by atoms with Gasteiger partial charge in [-0.25, -0.2) is 4.98 Å². The normalized spacial score (nSPS) is 11.2. The van der Waals surface area contributed by atoms with Crippen molar-refractivity contribution in [2.24, 2.45) is 0 Å². The second kappa shape index (κ2) is 4.05. The predicted octanol–water partition coefficient (Wildman–Crippen LogP) is 1.62. The molecule has 0 aliphatic rings. The summed E-state index contributed by atoms with van der Waals surface area (Å²) in [5.41, 5.74) is -1.18. The largest absolute Gasteiger partial charge is 0.530 e. The summed E-state index contributed by atoms with van der Waals surface area (Å²) < 4.78 is 37.2. The van der Waals surface area contributed by atoms with E-state index in [1.807, 2.05) is 0 Å². The van der Waals surface area contributed by atoms with E-state index in [1.165, 1.54) is 5.32 Å². The average molecular weight is 284 g/mol. The second-order valence-electron chi connectivity index (χ2n) is 2.46. The summed E-state index contributed by atoms with van der Waals surface area (Å²) in [5.74, 6) is -0.800. The van der Waals surface area contributed by atoms with Gasteiger partial charge < -0.3 is 15.2 Å². The maximum Gasteiger partial charge on any atom is 0.420 e. The lowest BCUT2D eigenvalue weighted by Gasteiger charge is -2.13. The van der Waals surface area contributed by atoms with Crippen LogP contribution in [0.1, 0.15) is 5.56 Å². The van der Waals surface area contributed by atoms with Crippen molar-refractivity contribution in [3.63, 3.8) is 0 Å². The number of hydrogen-bond acceptors (Lipinski definition) is 3. The summed E-state index contributed by atoms with van der Waals surface area (Å²) in [5, 5.41) is 11.6. The molecule has 0 aliphatic heterocycles. The van der Waals surface area contributed by atoms with E-state index in [0.29, 0.717) is 0 Å². The molecule has 1 amide bonds. The highest BCUT2D eigenvalue weighted by Crippen LogP contribution is 2.35. The van der Waals surface area contributed by atoms with Crippen molar-refractivity contribution in [3.05, 3.63) is 22.3 Å². The Morgan fingerprint density at radius 2 is 2.13 bits per heavy atom. The van der Waals surface area contributed by atoms with E-state index in [1.54, 1.807) is 0 Å². The molecule has 15 heavy (non-hydrogen) atoms. The number of rotatable bonds is 1. The van der Waals surface area contributed by atoms with Crippen molar-refractivity contribution in [3.8, 4) is 0 Å². The summed E-state index contributed by atoms with van der Waals surface area (Å²) in [6, 6.07) is 0.721. The predicted molar refractivity (Wildman–Crippen MR) is 46.0 cm³/mol. The molecular formula is C7H3BrF3N2O2-. The fraction of sp³-hybridized carbons (Fsp3) is 0.143. The lowest BCUT2D eigenvalue weighted by Crippen LogP contribution is -2.30. The molecule has 0 saturated heterocycles. The number of carbonyl (C=O) groups is 1. The molecule has 0 atom stereocenters. The molecule has 0 aliphatic carbocycles. The van der Waals surface area contributed by atoms with Crippen molar-refractivity contribution in [2.45, 2.75) is 6.18 Å². The number of carboxylic acid groups (broad SMARTS) is 1. The number of pyridine rings is 1. The van der Waals surface area contributed by atoms with Gasteiger partial charge in [-0.1, -0.05) is 0 Å². The smallest absolute Gasteiger partial charge is 0.420 e. The number of alkyl halides is 3. The van der Waals surface area contributed by atoms with Crippen LogP contribution in [-0.4, -0.2) is 11.1 Å². The van der Waals surface area contributed by atoms with Gasteiger partial charge in [0.25, 0.3) is 0 Å². The number of aromatic nitrogens is 1. The summed E-state index contributed by atoms with van der Waals surface area (Å²) in [4.78, 5) is 13.4. The van der Waals surface area contributed by atoms with Crippen LogP contribution in [0.3, 0.4) is 0 Å². The van der Waals surface area contributed by atoms with Gasteiger partial charge in [0.15, 0.2) is 0 Å². The minimum Gasteiger partial charge on any atom is -0.530 e. The molecule has 1 N–H and O–H groups in total. The molecule has 0 spiro atoms. The SMILES string of the molecule is O=C([O-])Nc1ncc(Br)cc1C(F)(F)F. The van der Waals surface area contributed by atoms with Crippen LogP contribution in [0.25, 0.3) is 0 Å². The van der Waals surface area contributed by atoms with Gasteiger partial charge >= 0.3 is 6.18 Å². The van der Waals surface area contributed by atoms with Crippen molar-refractivity contribution in [1.29, 1.82) is 0 Å². The molecule has 1 heterocycles. The van der Waals surface area contributed by atoms with Gasteiger partial charge in [0.05, 0.1) is 5.56 Å². The zero-order chi connectivity index (χ0) is 11.6. The summed E-state index contributed by atoms with van der Waals surface area (Å²) in [6.45, 7) is 0. The van der Waals surface area contributed by atoms with Crippen LogP contribution in [0.5, 0.6) is 0 Å². The van der Waals surface area contributed by atoms with E-state index in [0.717, 1.165) is 12.3 Å². The molecule has 8 heteroatoms. The first-order chi connectivity index (χ1) is 6.80. The van der Waals surface area contributed by atoms with Crippen LogP contribution >= 0.6 is 15.9 Å². The molecule has 1 rings (SSSR count). The minimum atomic E-state index is -4.69. The molecule has 1 aromatic rings. The number of anilines is 1. The number of carbonyl (C=O) groups excluding carboxylic acids is 1. The zero-order valence-corrected chi connectivity index (χ0v) is 8.52. The number of hydrogen-bond donors (Lipinski definition) is 1. The topological polar surface area (TPSA) is 65.0 Å². The Morgan fingerprint density at radius 3 is 2.60 bits per heavy atom. The van der Waals surface area contributed by atoms with Gasteiger partial charge in [0.2, 0.25) is 0 Å². The minimum absolute atomic E-state index is 0.0960. The van der Waals surface area contributed by atoms with Crippen LogP contribution < -0.4 is 10.4 Å². The third-order valence-electron chi connectivity index (χ3n) is 1.38. The van der Waals surface area contributed by atoms with Gasteiger partial charge in [0, 0.05) is 10.7 Å². The van der Waals surface area contributed by atoms with Crippen molar-refractivity contribution in [2.75, 3.05) is 5.32 Å². The molecule has 1 aromatic heterocycles. The van der Waals surface area contributed by atoms with Crippen molar-refractivity contribution >= 4 is 27.8 Å². The highest BCUT2D eigenvalue weighted by Gasteiger charge is 2.34. The second-order valence-corrected chi connectivity index (χ2v) is 3.38. The maximum atomic E-state index is 12.4. The van der Waals surface area contributed by atoms with E-state index in [9.17, 15) is 23.1 Å². The molecule has 4 nitrogen and oxygen atoms in total. The van der Waals surface area contributed by atoms with Gasteiger partial charge in [0.1, 0.15) is 11.9 Å². The van der Waals surface area contributed by atoms with Gasteiger partial charge in [-0.3, -0.25) is 0 Å². The third kappa shape index (κ3) is 3.08. The van der Waals surface area contributed by atoms with Crippen LogP contribution in [0.2, 0.25) is 0 Å². The Balaban J connectivity index is 3.20. The van der Waals surface area contributed by atoms with Gasteiger partial charge in [-0.05, 0) is 22.0 Å². The zero-order valence-electron chi connectivity index (χ0n) is 6.93. The molecule has 0 aromatic carbocycles. The Labute approximate surface area is 90.3 Å². The number of nitrogens with zero attached hydrogens (tertiary/aromatic N) is 1. The maximum absolute atomic E-state index is 12.4. The molecule has 0 fully saturated rings. The van der Waals surface area contributed by atoms with E-state index in [4.69, 9.17) is 0 Å². The molecule has 0 radical (unpaired) electrons. The van der Waals surface area contributed by atoms with E-state index < -0.39 is 23.7 Å². The molecule has 0 saturated carbocycles. The van der Waals surface area contributed by atoms with Crippen LogP contribution in [0.15, 0.2) is 16.7 Å². The van der Waals surface area contributed by atoms with Crippen LogP contribution in [-0.2, 0) is 6.18 Å². The monoisotopic (exact) mass is 283 g/mol. The fourth-order valence-corrected chi connectivity index (χ4v) is 1.18. The standard InChI is InChI=1S/C7H4BrF3N2O2/c8-3-1-4(7(9,10)11)5(12-2-3)13-6(14)15/h1-2H,(H,12,13)(H,14,15)/p-1. The fourth-order valence-electron chi connectivity index (χ4n) is 0.852. The van der Waals surface area contributed by atoms with E-state index in [-0.39, 0.29) is 4.47 Å². The van der Waals surface area contributed by atoms with E-state index >= 15 is 0 Å². The Bertz CT molecular complexity index is 394. The summed E-state index contributed by atoms with van der Waals surface area (Å²) in [6.07, 6.45) is -5.50. The third-order valence-corrected chi connectivity index (χ3v) is 1.81. The van der Waals surface area contributed by atoms with Crippen LogP contribution in [0, 0.1) is 0 Å². The lowest BCUT2D eigenvalue weighted by molar-refractivity contribution is -0.242. The first kappa shape index (κ1) is 11.8.